The highest BCUT2D eigenvalue weighted by Gasteiger charge is 2.58. The van der Waals surface area contributed by atoms with E-state index in [2.05, 4.69) is 10.3 Å². The van der Waals surface area contributed by atoms with E-state index in [0.717, 1.165) is 0 Å². The molecule has 2 aliphatic rings. The Balaban J connectivity index is 2.30. The van der Waals surface area contributed by atoms with Gasteiger partial charge in [-0.15, -0.1) is 11.6 Å². The Hall–Kier alpha value is -0.900. The number of hydrogen-bond acceptors (Lipinski definition) is 2. The molecule has 0 aromatic carbocycles. The van der Waals surface area contributed by atoms with Crippen molar-refractivity contribution in [3.05, 3.63) is 0 Å². The molecule has 1 atom stereocenters. The molecular weight excluding hydrogens is 192 g/mol. The maximum Gasteiger partial charge on any atom is 0.263 e. The van der Waals surface area contributed by atoms with Crippen LogP contribution in [0.3, 0.4) is 0 Å². The fraction of sp³-hybridized carbons (Fsp3) is 0.625. The van der Waals surface area contributed by atoms with Crippen LogP contribution in [0, 0.1) is 5.41 Å². The molecule has 70 valence electrons. The Morgan fingerprint density at radius 1 is 1.54 bits per heavy atom. The van der Waals surface area contributed by atoms with Crippen LogP contribution in [0.4, 0.5) is 0 Å². The van der Waals surface area contributed by atoms with Crippen LogP contribution in [0.15, 0.2) is 4.99 Å². The summed E-state index contributed by atoms with van der Waals surface area (Å²) in [5.74, 6) is -0.303. The van der Waals surface area contributed by atoms with Gasteiger partial charge in [0, 0.05) is 0 Å². The molecule has 1 fully saturated rings. The number of amidine groups is 1. The van der Waals surface area contributed by atoms with Gasteiger partial charge in [0.15, 0.2) is 0 Å². The van der Waals surface area contributed by atoms with E-state index in [1.165, 1.54) is 0 Å². The molecule has 1 heterocycles. The third kappa shape index (κ3) is 1.16. The Morgan fingerprint density at radius 3 is 2.54 bits per heavy atom. The van der Waals surface area contributed by atoms with Crippen LogP contribution in [0.25, 0.3) is 0 Å². The summed E-state index contributed by atoms with van der Waals surface area (Å²) in [5.41, 5.74) is -0.824. The fourth-order valence-corrected chi connectivity index (χ4v) is 1.44. The fourth-order valence-electron chi connectivity index (χ4n) is 1.33. The predicted octanol–water partition coefficient (Wildman–Crippen LogP) is 0.449. The summed E-state index contributed by atoms with van der Waals surface area (Å²) in [6.07, 6.45) is 1.23. The second-order valence-electron chi connectivity index (χ2n) is 3.45. The van der Waals surface area contributed by atoms with E-state index in [0.29, 0.717) is 12.8 Å². The number of alkyl halides is 1. The van der Waals surface area contributed by atoms with Gasteiger partial charge in [-0.05, 0) is 19.8 Å². The summed E-state index contributed by atoms with van der Waals surface area (Å²) in [6, 6.07) is 0. The number of rotatable bonds is 1. The van der Waals surface area contributed by atoms with Crippen LogP contribution in [-0.4, -0.2) is 23.0 Å². The normalized spacial score (nSPS) is 26.8. The minimum atomic E-state index is -0.824. The number of aliphatic imine (C=N–C) groups is 1. The average molecular weight is 201 g/mol. The van der Waals surface area contributed by atoms with Gasteiger partial charge in [0.1, 0.15) is 11.3 Å². The van der Waals surface area contributed by atoms with Crippen LogP contribution in [0.5, 0.6) is 0 Å². The highest BCUT2D eigenvalue weighted by molar-refractivity contribution is 6.35. The van der Waals surface area contributed by atoms with Gasteiger partial charge in [-0.3, -0.25) is 9.59 Å². The summed E-state index contributed by atoms with van der Waals surface area (Å²) in [4.78, 5) is 26.6. The predicted molar refractivity (Wildman–Crippen MR) is 47.6 cm³/mol. The molecule has 0 saturated heterocycles. The smallest absolute Gasteiger partial charge is 0.263 e. The standard InChI is InChI=1S/C8H9ClN2O2/c1-4(9)5-10-6(12)8(2-3-8)7(13)11-5/h4H,2-3H2,1H3,(H,10,11,12,13). The Bertz CT molecular complexity index is 318. The second-order valence-corrected chi connectivity index (χ2v) is 4.11. The lowest BCUT2D eigenvalue weighted by atomic mass is 10.0. The number of hydrogen-bond donors (Lipinski definition) is 1. The lowest BCUT2D eigenvalue weighted by Gasteiger charge is -2.20. The molecule has 0 bridgehead atoms. The first-order valence-corrected chi connectivity index (χ1v) is 4.58. The van der Waals surface area contributed by atoms with Gasteiger partial charge < -0.3 is 5.32 Å². The molecule has 0 aromatic rings. The van der Waals surface area contributed by atoms with Crippen LogP contribution < -0.4 is 5.32 Å². The van der Waals surface area contributed by atoms with E-state index >= 15 is 0 Å². The van der Waals surface area contributed by atoms with Crippen LogP contribution >= 0.6 is 11.6 Å². The molecule has 0 radical (unpaired) electrons. The van der Waals surface area contributed by atoms with E-state index in [1.54, 1.807) is 6.92 Å². The maximum absolute atomic E-state index is 11.4. The summed E-state index contributed by atoms with van der Waals surface area (Å²) < 4.78 is 0. The lowest BCUT2D eigenvalue weighted by molar-refractivity contribution is -0.135. The quantitative estimate of drug-likeness (QED) is 0.494. The number of nitrogens with one attached hydrogen (secondary N) is 1. The average Bonchev–Trinajstić information content (AvgIpc) is 2.80. The highest BCUT2D eigenvalue weighted by Crippen LogP contribution is 2.48. The van der Waals surface area contributed by atoms with Crippen molar-refractivity contribution in [3.63, 3.8) is 0 Å². The molecule has 1 unspecified atom stereocenters. The molecule has 1 N–H and O–H groups in total. The van der Waals surface area contributed by atoms with Gasteiger partial charge >= 0.3 is 0 Å². The van der Waals surface area contributed by atoms with Gasteiger partial charge in [0.25, 0.3) is 5.91 Å². The SMILES string of the molecule is CC(Cl)C1=NC(=O)C2(CC2)C(=O)N1. The molecule has 1 spiro atoms. The van der Waals surface area contributed by atoms with Crippen molar-refractivity contribution < 1.29 is 9.59 Å². The molecule has 1 saturated carbocycles. The first-order valence-electron chi connectivity index (χ1n) is 4.15. The van der Waals surface area contributed by atoms with Crippen molar-refractivity contribution in [3.8, 4) is 0 Å². The lowest BCUT2D eigenvalue weighted by Crippen LogP contribution is -2.47. The molecule has 5 heteroatoms. The van der Waals surface area contributed by atoms with Crippen molar-refractivity contribution in [2.24, 2.45) is 10.4 Å². The number of halogens is 1. The second kappa shape index (κ2) is 2.54. The number of nitrogens with zero attached hydrogens (tertiary/aromatic N) is 1. The Labute approximate surface area is 80.4 Å². The molecule has 2 rings (SSSR count). The topological polar surface area (TPSA) is 58.5 Å². The Morgan fingerprint density at radius 2 is 2.15 bits per heavy atom. The molecule has 1 aliphatic heterocycles. The van der Waals surface area contributed by atoms with Crippen LogP contribution in [-0.2, 0) is 9.59 Å². The van der Waals surface area contributed by atoms with Gasteiger partial charge in [-0.2, -0.15) is 4.99 Å². The van der Waals surface area contributed by atoms with Crippen molar-refractivity contribution in [1.82, 2.24) is 5.32 Å². The number of amides is 2. The van der Waals surface area contributed by atoms with Gasteiger partial charge in [-0.1, -0.05) is 0 Å². The highest BCUT2D eigenvalue weighted by atomic mass is 35.5. The number of carbonyl (C=O) groups excluding carboxylic acids is 2. The minimum Gasteiger partial charge on any atom is -0.312 e. The van der Waals surface area contributed by atoms with Crippen molar-refractivity contribution >= 4 is 29.3 Å². The molecule has 2 amide bonds. The van der Waals surface area contributed by atoms with Crippen LogP contribution in [0.1, 0.15) is 19.8 Å². The summed E-state index contributed by atoms with van der Waals surface area (Å²) in [6.45, 7) is 1.67. The zero-order chi connectivity index (χ0) is 9.64. The monoisotopic (exact) mass is 200 g/mol. The molecular formula is C8H9ClN2O2. The first kappa shape index (κ1) is 8.69. The van der Waals surface area contributed by atoms with Gasteiger partial charge in [0.2, 0.25) is 5.91 Å². The molecule has 13 heavy (non-hydrogen) atoms. The van der Waals surface area contributed by atoms with Crippen molar-refractivity contribution in [1.29, 1.82) is 0 Å². The van der Waals surface area contributed by atoms with E-state index in [9.17, 15) is 9.59 Å². The molecule has 4 nitrogen and oxygen atoms in total. The van der Waals surface area contributed by atoms with Crippen molar-refractivity contribution in [2.75, 3.05) is 0 Å². The molecule has 1 aliphatic carbocycles. The summed E-state index contributed by atoms with van der Waals surface area (Å²) >= 11 is 5.70. The zero-order valence-electron chi connectivity index (χ0n) is 7.13. The van der Waals surface area contributed by atoms with E-state index in [1.807, 2.05) is 0 Å². The maximum atomic E-state index is 11.4. The third-order valence-electron chi connectivity index (χ3n) is 2.43. The largest absolute Gasteiger partial charge is 0.312 e. The number of carbonyl (C=O) groups is 2. The summed E-state index contributed by atoms with van der Waals surface area (Å²) in [7, 11) is 0. The minimum absolute atomic E-state index is 0.241. The Kier molecular flexibility index (Phi) is 1.70. The van der Waals surface area contributed by atoms with Gasteiger partial charge in [0.05, 0.1) is 5.38 Å². The zero-order valence-corrected chi connectivity index (χ0v) is 7.89. The van der Waals surface area contributed by atoms with Crippen molar-refractivity contribution in [2.45, 2.75) is 25.1 Å². The molecule has 0 aromatic heterocycles. The van der Waals surface area contributed by atoms with E-state index in [-0.39, 0.29) is 17.6 Å². The third-order valence-corrected chi connectivity index (χ3v) is 2.64. The van der Waals surface area contributed by atoms with Crippen LogP contribution in [0.2, 0.25) is 0 Å². The summed E-state index contributed by atoms with van der Waals surface area (Å²) in [5, 5.41) is 2.13. The first-order chi connectivity index (χ1) is 6.06. The van der Waals surface area contributed by atoms with E-state index < -0.39 is 10.8 Å². The van der Waals surface area contributed by atoms with E-state index in [4.69, 9.17) is 11.6 Å². The van der Waals surface area contributed by atoms with Gasteiger partial charge in [-0.25, -0.2) is 0 Å².